The highest BCUT2D eigenvalue weighted by Crippen LogP contribution is 2.32. The van der Waals surface area contributed by atoms with Crippen LogP contribution in [-0.2, 0) is 16.6 Å². The predicted octanol–water partition coefficient (Wildman–Crippen LogP) is 3.13. The minimum absolute atomic E-state index is 0.117. The van der Waals surface area contributed by atoms with Crippen molar-refractivity contribution in [3.8, 4) is 5.75 Å². The number of primary sulfonamides is 1. The van der Waals surface area contributed by atoms with Gasteiger partial charge < -0.3 is 4.74 Å². The van der Waals surface area contributed by atoms with Gasteiger partial charge in [0.05, 0.1) is 9.82 Å². The first kappa shape index (κ1) is 17.5. The molecule has 0 aliphatic rings. The number of hydrogen-bond donors (Lipinski definition) is 1. The minimum Gasteiger partial charge on any atom is -0.482 e. The Morgan fingerprint density at radius 3 is 2.30 bits per heavy atom. The summed E-state index contributed by atoms with van der Waals surface area (Å²) in [5.41, 5.74) is -0.0691. The van der Waals surface area contributed by atoms with Gasteiger partial charge in [0, 0.05) is 21.7 Å². The van der Waals surface area contributed by atoms with Crippen LogP contribution in [0.2, 0.25) is 10.0 Å². The van der Waals surface area contributed by atoms with Gasteiger partial charge in [0.2, 0.25) is 10.0 Å². The fraction of sp³-hybridized carbons (Fsp3) is 0.0769. The normalized spacial score (nSPS) is 11.3. The molecule has 0 atom stereocenters. The van der Waals surface area contributed by atoms with E-state index in [9.17, 15) is 18.5 Å². The van der Waals surface area contributed by atoms with E-state index < -0.39 is 20.6 Å². The van der Waals surface area contributed by atoms with E-state index in [4.69, 9.17) is 33.1 Å². The Bertz CT molecular complexity index is 850. The van der Waals surface area contributed by atoms with Crippen molar-refractivity contribution in [2.75, 3.05) is 0 Å². The van der Waals surface area contributed by atoms with Crippen LogP contribution >= 0.6 is 23.2 Å². The lowest BCUT2D eigenvalue weighted by molar-refractivity contribution is -0.386. The van der Waals surface area contributed by atoms with E-state index in [1.54, 1.807) is 18.2 Å². The van der Waals surface area contributed by atoms with Crippen LogP contribution in [0.4, 0.5) is 5.69 Å². The summed E-state index contributed by atoms with van der Waals surface area (Å²) in [6.45, 7) is -0.117. The van der Waals surface area contributed by atoms with Gasteiger partial charge in [0.15, 0.2) is 5.75 Å². The maximum atomic E-state index is 11.3. The molecule has 0 heterocycles. The summed E-state index contributed by atoms with van der Waals surface area (Å²) in [4.78, 5) is 9.94. The van der Waals surface area contributed by atoms with E-state index in [0.29, 0.717) is 15.6 Å². The monoisotopic (exact) mass is 376 g/mol. The van der Waals surface area contributed by atoms with E-state index in [2.05, 4.69) is 0 Å². The summed E-state index contributed by atoms with van der Waals surface area (Å²) >= 11 is 12.0. The summed E-state index contributed by atoms with van der Waals surface area (Å²) in [5, 5.41) is 16.7. The topological polar surface area (TPSA) is 113 Å². The molecule has 7 nitrogen and oxygen atoms in total. The van der Waals surface area contributed by atoms with Crippen molar-refractivity contribution in [2.45, 2.75) is 11.5 Å². The average Bonchev–Trinajstić information content (AvgIpc) is 2.45. The first-order valence-corrected chi connectivity index (χ1v) is 8.37. The molecule has 0 aromatic heterocycles. The molecule has 0 radical (unpaired) electrons. The number of halogens is 2. The van der Waals surface area contributed by atoms with Crippen LogP contribution in [0.15, 0.2) is 41.3 Å². The molecule has 0 aliphatic carbocycles. The van der Waals surface area contributed by atoms with Crippen LogP contribution in [0.3, 0.4) is 0 Å². The maximum Gasteiger partial charge on any atom is 0.312 e. The zero-order valence-electron chi connectivity index (χ0n) is 11.4. The quantitative estimate of drug-likeness (QED) is 0.635. The smallest absolute Gasteiger partial charge is 0.312 e. The van der Waals surface area contributed by atoms with Gasteiger partial charge >= 0.3 is 5.69 Å². The summed E-state index contributed by atoms with van der Waals surface area (Å²) in [6, 6.07) is 7.96. The lowest BCUT2D eigenvalue weighted by atomic mass is 10.2. The summed E-state index contributed by atoms with van der Waals surface area (Å²) < 4.78 is 27.9. The molecule has 2 rings (SSSR count). The molecule has 0 spiro atoms. The largest absolute Gasteiger partial charge is 0.482 e. The van der Waals surface area contributed by atoms with E-state index in [0.717, 1.165) is 18.2 Å². The van der Waals surface area contributed by atoms with Gasteiger partial charge in [-0.25, -0.2) is 13.6 Å². The van der Waals surface area contributed by atoms with Crippen molar-refractivity contribution in [3.05, 3.63) is 62.1 Å². The standard InChI is InChI=1S/C13H10Cl2N2O5S/c14-10-2-1-3-11(15)9(10)7-22-13-5-4-8(23(16,20)21)6-12(13)17(18)19/h1-6H,7H2,(H2,16,20,21). The van der Waals surface area contributed by atoms with E-state index in [1.165, 1.54) is 0 Å². The predicted molar refractivity (Wildman–Crippen MR) is 85.3 cm³/mol. The second-order valence-electron chi connectivity index (χ2n) is 4.42. The number of hydrogen-bond acceptors (Lipinski definition) is 5. The molecule has 0 amide bonds. The molecule has 2 aromatic rings. The molecule has 0 saturated heterocycles. The fourth-order valence-electron chi connectivity index (χ4n) is 1.76. The average molecular weight is 377 g/mol. The Balaban J connectivity index is 2.35. The molecule has 10 heteroatoms. The zero-order valence-corrected chi connectivity index (χ0v) is 13.7. The van der Waals surface area contributed by atoms with Crippen LogP contribution in [0.1, 0.15) is 5.56 Å². The van der Waals surface area contributed by atoms with E-state index in [-0.39, 0.29) is 17.3 Å². The van der Waals surface area contributed by atoms with E-state index >= 15 is 0 Å². The Labute approximate surface area is 141 Å². The highest BCUT2D eigenvalue weighted by atomic mass is 35.5. The van der Waals surface area contributed by atoms with Gasteiger partial charge in [-0.15, -0.1) is 0 Å². The fourth-order valence-corrected chi connectivity index (χ4v) is 2.80. The number of nitrogens with zero attached hydrogens (tertiary/aromatic N) is 1. The first-order chi connectivity index (χ1) is 10.7. The molecular weight excluding hydrogens is 367 g/mol. The number of rotatable bonds is 5. The third kappa shape index (κ3) is 4.11. The summed E-state index contributed by atoms with van der Waals surface area (Å²) in [6.07, 6.45) is 0. The number of ether oxygens (including phenoxy) is 1. The summed E-state index contributed by atoms with van der Waals surface area (Å²) in [7, 11) is -4.06. The number of nitro groups is 1. The molecular formula is C13H10Cl2N2O5S. The summed E-state index contributed by atoms with van der Waals surface area (Å²) in [5.74, 6) is -0.126. The third-order valence-corrected chi connectivity index (χ3v) is 4.51. The highest BCUT2D eigenvalue weighted by molar-refractivity contribution is 7.89. The van der Waals surface area contributed by atoms with Crippen molar-refractivity contribution in [1.29, 1.82) is 0 Å². The van der Waals surface area contributed by atoms with Gasteiger partial charge in [-0.3, -0.25) is 10.1 Å². The molecule has 0 aliphatic heterocycles. The SMILES string of the molecule is NS(=O)(=O)c1ccc(OCc2c(Cl)cccc2Cl)c([N+](=O)[O-])c1. The van der Waals surface area contributed by atoms with Crippen LogP contribution < -0.4 is 9.88 Å². The molecule has 122 valence electrons. The van der Waals surface area contributed by atoms with Crippen molar-refractivity contribution < 1.29 is 18.1 Å². The van der Waals surface area contributed by atoms with Crippen LogP contribution in [0, 0.1) is 10.1 Å². The second-order valence-corrected chi connectivity index (χ2v) is 6.80. The molecule has 0 fully saturated rings. The number of sulfonamides is 1. The Kier molecular flexibility index (Phi) is 5.10. The molecule has 23 heavy (non-hydrogen) atoms. The Morgan fingerprint density at radius 2 is 1.78 bits per heavy atom. The van der Waals surface area contributed by atoms with Crippen molar-refractivity contribution in [1.82, 2.24) is 0 Å². The Morgan fingerprint density at radius 1 is 1.17 bits per heavy atom. The lowest BCUT2D eigenvalue weighted by Gasteiger charge is -2.10. The molecule has 2 N–H and O–H groups in total. The van der Waals surface area contributed by atoms with Crippen molar-refractivity contribution in [3.63, 3.8) is 0 Å². The number of benzene rings is 2. The van der Waals surface area contributed by atoms with Gasteiger partial charge in [-0.2, -0.15) is 0 Å². The molecule has 0 saturated carbocycles. The number of nitrogens with two attached hydrogens (primary N) is 1. The molecule has 2 aromatic carbocycles. The van der Waals surface area contributed by atoms with Gasteiger partial charge in [0.1, 0.15) is 6.61 Å². The van der Waals surface area contributed by atoms with Crippen LogP contribution in [0.25, 0.3) is 0 Å². The highest BCUT2D eigenvalue weighted by Gasteiger charge is 2.20. The lowest BCUT2D eigenvalue weighted by Crippen LogP contribution is -2.12. The zero-order chi connectivity index (χ0) is 17.2. The van der Waals surface area contributed by atoms with Gasteiger partial charge in [0.25, 0.3) is 0 Å². The van der Waals surface area contributed by atoms with Gasteiger partial charge in [-0.1, -0.05) is 29.3 Å². The van der Waals surface area contributed by atoms with Crippen molar-refractivity contribution >= 4 is 38.9 Å². The molecule has 0 bridgehead atoms. The maximum absolute atomic E-state index is 11.3. The van der Waals surface area contributed by atoms with Crippen LogP contribution in [0.5, 0.6) is 5.75 Å². The minimum atomic E-state index is -4.06. The van der Waals surface area contributed by atoms with Crippen molar-refractivity contribution in [2.24, 2.45) is 5.14 Å². The first-order valence-electron chi connectivity index (χ1n) is 6.07. The van der Waals surface area contributed by atoms with Crippen LogP contribution in [-0.4, -0.2) is 13.3 Å². The second kappa shape index (κ2) is 6.71. The number of nitro benzene ring substituents is 1. The third-order valence-electron chi connectivity index (χ3n) is 2.89. The Hall–Kier alpha value is -1.87. The van der Waals surface area contributed by atoms with E-state index in [1.807, 2.05) is 0 Å². The molecule has 0 unspecified atom stereocenters. The van der Waals surface area contributed by atoms with Gasteiger partial charge in [-0.05, 0) is 24.3 Å².